The molecule has 1 aromatic carbocycles. The summed E-state index contributed by atoms with van der Waals surface area (Å²) in [5.41, 5.74) is 7.10. The molecule has 33 heavy (non-hydrogen) atoms. The molecule has 3 atom stereocenters. The van der Waals surface area contributed by atoms with E-state index in [1.54, 1.807) is 14.2 Å². The number of hydrogen-bond donors (Lipinski definition) is 2. The van der Waals surface area contributed by atoms with E-state index in [1.165, 1.54) is 0 Å². The van der Waals surface area contributed by atoms with Crippen molar-refractivity contribution in [2.24, 2.45) is 23.0 Å². The first-order valence-corrected chi connectivity index (χ1v) is 12.1. The Kier molecular flexibility index (Phi) is 10.7. The lowest BCUT2D eigenvalue weighted by Gasteiger charge is -2.29. The summed E-state index contributed by atoms with van der Waals surface area (Å²) >= 11 is 6.17. The molecule has 2 rings (SSSR count). The maximum atomic E-state index is 12.4. The van der Waals surface area contributed by atoms with Crippen LogP contribution in [0.15, 0.2) is 18.2 Å². The third kappa shape index (κ3) is 8.32. The third-order valence-corrected chi connectivity index (χ3v) is 6.86. The van der Waals surface area contributed by atoms with Gasteiger partial charge in [-0.1, -0.05) is 26.8 Å². The normalized spacial score (nSPS) is 17.4. The SMILES string of the molecule is COCCCOc1cc(C[C@@H](C[C@H](N)[C@@H](O)CN(Cl)C(=O)C2(C)CC2)C(C)C)ccc1OC. The molecule has 0 heterocycles. The second kappa shape index (κ2) is 12.8. The Bertz CT molecular complexity index is 756. The van der Waals surface area contributed by atoms with Crippen molar-refractivity contribution < 1.29 is 24.1 Å². The average Bonchev–Trinajstić information content (AvgIpc) is 3.54. The summed E-state index contributed by atoms with van der Waals surface area (Å²) in [6.45, 7) is 7.43. The Balaban J connectivity index is 1.98. The van der Waals surface area contributed by atoms with E-state index < -0.39 is 12.1 Å². The smallest absolute Gasteiger partial charge is 0.242 e. The molecule has 7 nitrogen and oxygen atoms in total. The van der Waals surface area contributed by atoms with Crippen LogP contribution in [0.4, 0.5) is 0 Å². The number of methoxy groups -OCH3 is 2. The van der Waals surface area contributed by atoms with Gasteiger partial charge in [-0.2, -0.15) is 0 Å². The van der Waals surface area contributed by atoms with Crippen LogP contribution in [-0.2, 0) is 16.0 Å². The number of amides is 1. The number of nitrogens with two attached hydrogens (primary N) is 1. The molecular formula is C25H41ClN2O5. The summed E-state index contributed by atoms with van der Waals surface area (Å²) in [4.78, 5) is 12.4. The second-order valence-corrected chi connectivity index (χ2v) is 10.2. The van der Waals surface area contributed by atoms with E-state index in [0.717, 1.165) is 35.7 Å². The van der Waals surface area contributed by atoms with Crippen molar-refractivity contribution in [3.8, 4) is 11.5 Å². The summed E-state index contributed by atoms with van der Waals surface area (Å²) < 4.78 is 17.5. The van der Waals surface area contributed by atoms with Crippen LogP contribution in [0.1, 0.15) is 52.0 Å². The van der Waals surface area contributed by atoms with E-state index >= 15 is 0 Å². The van der Waals surface area contributed by atoms with Gasteiger partial charge >= 0.3 is 0 Å². The standard InChI is InChI=1S/C25H41ClN2O5/c1-17(2)19(15-20(27)21(29)16-28(26)24(30)25(3)9-10-25)13-18-7-8-22(32-5)23(14-18)33-12-6-11-31-4/h7-8,14,17,19-21,29H,6,9-13,15-16,27H2,1-5H3/t19-,20-,21-/m0/s1. The summed E-state index contributed by atoms with van der Waals surface area (Å²) in [5, 5.41) is 10.6. The minimum Gasteiger partial charge on any atom is -0.493 e. The number of hydrogen-bond acceptors (Lipinski definition) is 6. The van der Waals surface area contributed by atoms with Crippen molar-refractivity contribution >= 4 is 17.7 Å². The summed E-state index contributed by atoms with van der Waals surface area (Å²) in [5.74, 6) is 1.87. The van der Waals surface area contributed by atoms with Crippen LogP contribution in [0, 0.1) is 17.3 Å². The van der Waals surface area contributed by atoms with E-state index in [-0.39, 0.29) is 23.8 Å². The van der Waals surface area contributed by atoms with Crippen LogP contribution in [0.2, 0.25) is 0 Å². The number of ether oxygens (including phenoxy) is 3. The van der Waals surface area contributed by atoms with Gasteiger partial charge in [0.2, 0.25) is 5.91 Å². The van der Waals surface area contributed by atoms with Gasteiger partial charge in [0, 0.05) is 43.4 Å². The van der Waals surface area contributed by atoms with E-state index in [9.17, 15) is 9.90 Å². The van der Waals surface area contributed by atoms with Gasteiger partial charge in [-0.15, -0.1) is 0 Å². The largest absolute Gasteiger partial charge is 0.493 e. The molecule has 1 aromatic rings. The highest BCUT2D eigenvalue weighted by atomic mass is 35.5. The molecule has 188 valence electrons. The van der Waals surface area contributed by atoms with E-state index in [4.69, 9.17) is 31.7 Å². The van der Waals surface area contributed by atoms with Crippen LogP contribution >= 0.6 is 11.8 Å². The Morgan fingerprint density at radius 2 is 1.94 bits per heavy atom. The first kappa shape index (κ1) is 27.7. The molecule has 0 unspecified atom stereocenters. The summed E-state index contributed by atoms with van der Waals surface area (Å²) in [6, 6.07) is 5.48. The van der Waals surface area contributed by atoms with Crippen LogP contribution in [0.25, 0.3) is 0 Å². The highest BCUT2D eigenvalue weighted by Crippen LogP contribution is 2.46. The highest BCUT2D eigenvalue weighted by Gasteiger charge is 2.47. The number of aliphatic hydroxyl groups is 1. The van der Waals surface area contributed by atoms with Gasteiger partial charge in [0.15, 0.2) is 11.5 Å². The maximum Gasteiger partial charge on any atom is 0.242 e. The van der Waals surface area contributed by atoms with Crippen molar-refractivity contribution in [3.05, 3.63) is 23.8 Å². The monoisotopic (exact) mass is 484 g/mol. The van der Waals surface area contributed by atoms with Crippen LogP contribution in [0.5, 0.6) is 11.5 Å². The van der Waals surface area contributed by atoms with Gasteiger partial charge in [-0.3, -0.25) is 9.21 Å². The quantitative estimate of drug-likeness (QED) is 0.290. The van der Waals surface area contributed by atoms with Crippen molar-refractivity contribution in [2.75, 3.05) is 34.0 Å². The van der Waals surface area contributed by atoms with Crippen molar-refractivity contribution in [1.82, 2.24) is 4.42 Å². The second-order valence-electron chi connectivity index (χ2n) is 9.77. The molecule has 3 N–H and O–H groups in total. The number of benzene rings is 1. The molecule has 0 radical (unpaired) electrons. The molecule has 1 amide bonds. The number of carbonyl (C=O) groups is 1. The maximum absolute atomic E-state index is 12.4. The molecule has 1 aliphatic carbocycles. The predicted molar refractivity (Wildman–Crippen MR) is 131 cm³/mol. The van der Waals surface area contributed by atoms with Crippen LogP contribution < -0.4 is 15.2 Å². The number of aliphatic hydroxyl groups excluding tert-OH is 1. The van der Waals surface area contributed by atoms with Crippen LogP contribution in [-0.4, -0.2) is 61.6 Å². The molecule has 8 heteroatoms. The van der Waals surface area contributed by atoms with Crippen molar-refractivity contribution in [1.29, 1.82) is 0 Å². The lowest BCUT2D eigenvalue weighted by Crippen LogP contribution is -2.45. The molecular weight excluding hydrogens is 444 g/mol. The van der Waals surface area contributed by atoms with E-state index in [1.807, 2.05) is 25.1 Å². The lowest BCUT2D eigenvalue weighted by atomic mass is 9.83. The predicted octanol–water partition coefficient (Wildman–Crippen LogP) is 3.79. The minimum absolute atomic E-state index is 0.0317. The fraction of sp³-hybridized carbons (Fsp3) is 0.720. The van der Waals surface area contributed by atoms with Gasteiger partial charge in [0.05, 0.1) is 26.4 Å². The van der Waals surface area contributed by atoms with E-state index in [2.05, 4.69) is 13.8 Å². The van der Waals surface area contributed by atoms with E-state index in [0.29, 0.717) is 37.1 Å². The van der Waals surface area contributed by atoms with Crippen molar-refractivity contribution in [3.63, 3.8) is 0 Å². The Labute approximate surface area is 203 Å². The Hall–Kier alpha value is -1.54. The van der Waals surface area contributed by atoms with Gasteiger partial charge in [0.1, 0.15) is 0 Å². The zero-order valence-electron chi connectivity index (χ0n) is 20.7. The van der Waals surface area contributed by atoms with Gasteiger partial charge < -0.3 is 25.1 Å². The first-order valence-electron chi connectivity index (χ1n) is 11.8. The average molecular weight is 485 g/mol. The van der Waals surface area contributed by atoms with Gasteiger partial charge in [-0.25, -0.2) is 0 Å². The Morgan fingerprint density at radius 1 is 1.24 bits per heavy atom. The topological polar surface area (TPSA) is 94.3 Å². The lowest BCUT2D eigenvalue weighted by molar-refractivity contribution is -0.132. The fourth-order valence-electron chi connectivity index (χ4n) is 3.82. The molecule has 0 spiro atoms. The molecule has 1 aliphatic rings. The summed E-state index contributed by atoms with van der Waals surface area (Å²) in [7, 11) is 3.30. The molecule has 1 fully saturated rings. The zero-order chi connectivity index (χ0) is 24.6. The number of rotatable bonds is 15. The van der Waals surface area contributed by atoms with Gasteiger partial charge in [0.25, 0.3) is 0 Å². The van der Waals surface area contributed by atoms with Gasteiger partial charge in [-0.05, 0) is 55.2 Å². The molecule has 0 aliphatic heterocycles. The Morgan fingerprint density at radius 3 is 2.52 bits per heavy atom. The molecule has 1 saturated carbocycles. The number of halogens is 1. The highest BCUT2D eigenvalue weighted by molar-refractivity contribution is 6.22. The number of carbonyl (C=O) groups excluding carboxylic acids is 1. The fourth-order valence-corrected chi connectivity index (χ4v) is 4.17. The zero-order valence-corrected chi connectivity index (χ0v) is 21.4. The number of nitrogens with zero attached hydrogens (tertiary/aromatic N) is 1. The molecule has 0 saturated heterocycles. The third-order valence-electron chi connectivity index (χ3n) is 6.57. The first-order chi connectivity index (χ1) is 15.6. The summed E-state index contributed by atoms with van der Waals surface area (Å²) in [6.07, 6.45) is 3.00. The van der Waals surface area contributed by atoms with Crippen molar-refractivity contribution in [2.45, 2.75) is 65.0 Å². The minimum atomic E-state index is -0.884. The molecule has 0 aromatic heterocycles. The molecule has 0 bridgehead atoms. The van der Waals surface area contributed by atoms with Crippen LogP contribution in [0.3, 0.4) is 0 Å².